The summed E-state index contributed by atoms with van der Waals surface area (Å²) in [6, 6.07) is 8.50. The summed E-state index contributed by atoms with van der Waals surface area (Å²) in [5.41, 5.74) is 2.49. The van der Waals surface area contributed by atoms with E-state index < -0.39 is 0 Å². The van der Waals surface area contributed by atoms with Crippen molar-refractivity contribution in [3.8, 4) is 0 Å². The fourth-order valence-corrected chi connectivity index (χ4v) is 3.94. The molecule has 1 amide bonds. The Balaban J connectivity index is 1.57. The number of benzene rings is 1. The van der Waals surface area contributed by atoms with Crippen molar-refractivity contribution in [2.75, 3.05) is 37.0 Å². The second-order valence-electron chi connectivity index (χ2n) is 6.67. The molecule has 0 saturated carbocycles. The third kappa shape index (κ3) is 5.17. The lowest BCUT2D eigenvalue weighted by molar-refractivity contribution is -0.131. The number of nitrogens with zero attached hydrogens (tertiary/aromatic N) is 4. The smallest absolute Gasteiger partial charge is 0.222 e. The summed E-state index contributed by atoms with van der Waals surface area (Å²) in [5, 5.41) is 0.960. The maximum atomic E-state index is 12.2. The summed E-state index contributed by atoms with van der Waals surface area (Å²) in [7, 11) is 0. The van der Waals surface area contributed by atoms with Gasteiger partial charge in [0.2, 0.25) is 11.0 Å². The molecule has 0 spiro atoms. The van der Waals surface area contributed by atoms with Gasteiger partial charge in [0.25, 0.3) is 0 Å². The van der Waals surface area contributed by atoms with Crippen LogP contribution in [-0.2, 0) is 11.2 Å². The molecule has 140 valence electrons. The van der Waals surface area contributed by atoms with Gasteiger partial charge in [0.1, 0.15) is 5.82 Å². The second kappa shape index (κ2) is 9.33. The van der Waals surface area contributed by atoms with Gasteiger partial charge in [0.05, 0.1) is 0 Å². The van der Waals surface area contributed by atoms with Gasteiger partial charge < -0.3 is 9.80 Å². The lowest BCUT2D eigenvalue weighted by Gasteiger charge is -2.21. The van der Waals surface area contributed by atoms with Crippen LogP contribution in [0.5, 0.6) is 0 Å². The number of alkyl halides is 1. The summed E-state index contributed by atoms with van der Waals surface area (Å²) in [5.74, 6) is 1.62. The van der Waals surface area contributed by atoms with Gasteiger partial charge in [-0.15, -0.1) is 11.6 Å². The maximum Gasteiger partial charge on any atom is 0.222 e. The second-order valence-corrected chi connectivity index (χ2v) is 7.78. The molecule has 7 heteroatoms. The van der Waals surface area contributed by atoms with E-state index in [1.807, 2.05) is 4.90 Å². The molecular formula is C19H25ClN4OS. The van der Waals surface area contributed by atoms with Crippen molar-refractivity contribution in [3.05, 3.63) is 41.2 Å². The summed E-state index contributed by atoms with van der Waals surface area (Å²) >= 11 is 7.15. The maximum absolute atomic E-state index is 12.2. The van der Waals surface area contributed by atoms with E-state index in [9.17, 15) is 4.79 Å². The van der Waals surface area contributed by atoms with E-state index >= 15 is 0 Å². The highest BCUT2D eigenvalue weighted by Crippen LogP contribution is 2.21. The van der Waals surface area contributed by atoms with Gasteiger partial charge in [-0.25, -0.2) is 4.98 Å². The third-order valence-corrected chi connectivity index (χ3v) is 5.67. The standard InChI is InChI=1S/C19H25ClN4OS/c1-15-5-7-16(8-6-15)14-17-21-19(26-22-17)24-11-3-10-23(12-13-24)18(25)4-2-9-20/h5-8H,2-4,9-14H2,1H3. The van der Waals surface area contributed by atoms with Crippen molar-refractivity contribution < 1.29 is 4.79 Å². The first-order chi connectivity index (χ1) is 12.7. The molecule has 1 fully saturated rings. The van der Waals surface area contributed by atoms with Crippen molar-refractivity contribution in [2.24, 2.45) is 0 Å². The highest BCUT2D eigenvalue weighted by atomic mass is 35.5. The van der Waals surface area contributed by atoms with Gasteiger partial charge in [0.15, 0.2) is 0 Å². The van der Waals surface area contributed by atoms with Crippen LogP contribution in [0.2, 0.25) is 0 Å². The minimum absolute atomic E-state index is 0.213. The van der Waals surface area contributed by atoms with Crippen molar-refractivity contribution in [1.29, 1.82) is 0 Å². The first kappa shape index (κ1) is 19.1. The van der Waals surface area contributed by atoms with Crippen LogP contribution in [0, 0.1) is 6.92 Å². The molecule has 0 atom stereocenters. The quantitative estimate of drug-likeness (QED) is 0.706. The molecule has 1 saturated heterocycles. The molecule has 5 nitrogen and oxygen atoms in total. The van der Waals surface area contributed by atoms with Gasteiger partial charge in [-0.1, -0.05) is 29.8 Å². The molecule has 1 aliphatic rings. The first-order valence-corrected chi connectivity index (χ1v) is 10.4. The Morgan fingerprint density at radius 3 is 2.77 bits per heavy atom. The largest absolute Gasteiger partial charge is 0.345 e. The van der Waals surface area contributed by atoms with Crippen LogP contribution in [0.3, 0.4) is 0 Å². The topological polar surface area (TPSA) is 49.3 Å². The molecule has 0 radical (unpaired) electrons. The van der Waals surface area contributed by atoms with Crippen molar-refractivity contribution in [1.82, 2.24) is 14.3 Å². The van der Waals surface area contributed by atoms with Crippen LogP contribution in [0.1, 0.15) is 36.2 Å². The van der Waals surface area contributed by atoms with Crippen LogP contribution < -0.4 is 4.90 Å². The Labute approximate surface area is 164 Å². The van der Waals surface area contributed by atoms with Crippen LogP contribution in [-0.4, -0.2) is 52.2 Å². The highest BCUT2D eigenvalue weighted by Gasteiger charge is 2.21. The number of hydrogen-bond donors (Lipinski definition) is 0. The van der Waals surface area contributed by atoms with E-state index in [-0.39, 0.29) is 5.91 Å². The molecule has 2 aromatic rings. The molecule has 2 heterocycles. The summed E-state index contributed by atoms with van der Waals surface area (Å²) < 4.78 is 4.53. The fourth-order valence-electron chi connectivity index (χ4n) is 3.07. The first-order valence-electron chi connectivity index (χ1n) is 9.12. The van der Waals surface area contributed by atoms with E-state index in [1.54, 1.807) is 0 Å². The van der Waals surface area contributed by atoms with Gasteiger partial charge in [0, 0.05) is 56.4 Å². The van der Waals surface area contributed by atoms with E-state index in [4.69, 9.17) is 16.6 Å². The van der Waals surface area contributed by atoms with Crippen molar-refractivity contribution >= 4 is 34.2 Å². The average molecular weight is 393 g/mol. The molecule has 0 aliphatic carbocycles. The van der Waals surface area contributed by atoms with Crippen LogP contribution >= 0.6 is 23.1 Å². The number of carbonyl (C=O) groups excluding carboxylic acids is 1. The molecule has 0 N–H and O–H groups in total. The van der Waals surface area contributed by atoms with E-state index in [0.29, 0.717) is 12.3 Å². The Bertz CT molecular complexity index is 719. The summed E-state index contributed by atoms with van der Waals surface area (Å²) in [4.78, 5) is 21.1. The molecule has 1 aromatic heterocycles. The normalized spacial score (nSPS) is 15.2. The number of hydrogen-bond acceptors (Lipinski definition) is 5. The molecule has 1 aromatic carbocycles. The molecular weight excluding hydrogens is 368 g/mol. The van der Waals surface area contributed by atoms with Crippen LogP contribution in [0.15, 0.2) is 24.3 Å². The zero-order valence-corrected chi connectivity index (χ0v) is 16.7. The fraction of sp³-hybridized carbons (Fsp3) is 0.526. The Morgan fingerprint density at radius 1 is 1.19 bits per heavy atom. The van der Waals surface area contributed by atoms with E-state index in [1.165, 1.54) is 22.7 Å². The average Bonchev–Trinajstić information content (AvgIpc) is 2.96. The SMILES string of the molecule is Cc1ccc(Cc2nsc(N3CCCN(C(=O)CCCCl)CC3)n2)cc1. The molecule has 3 rings (SSSR count). The summed E-state index contributed by atoms with van der Waals surface area (Å²) in [6.45, 7) is 5.37. The number of rotatable bonds is 6. The lowest BCUT2D eigenvalue weighted by Crippen LogP contribution is -2.35. The van der Waals surface area contributed by atoms with Gasteiger partial charge >= 0.3 is 0 Å². The minimum Gasteiger partial charge on any atom is -0.345 e. The Kier molecular flexibility index (Phi) is 6.86. The Hall–Kier alpha value is -1.66. The highest BCUT2D eigenvalue weighted by molar-refractivity contribution is 7.09. The van der Waals surface area contributed by atoms with E-state index in [0.717, 1.165) is 56.4 Å². The number of amides is 1. The molecule has 1 aliphatic heterocycles. The predicted octanol–water partition coefficient (Wildman–Crippen LogP) is 3.50. The Morgan fingerprint density at radius 2 is 2.00 bits per heavy atom. The number of carbonyl (C=O) groups is 1. The van der Waals surface area contributed by atoms with Crippen LogP contribution in [0.25, 0.3) is 0 Å². The lowest BCUT2D eigenvalue weighted by atomic mass is 10.1. The van der Waals surface area contributed by atoms with Gasteiger partial charge in [-0.3, -0.25) is 4.79 Å². The number of halogens is 1. The van der Waals surface area contributed by atoms with Gasteiger partial charge in [-0.05, 0) is 25.3 Å². The number of anilines is 1. The molecule has 0 bridgehead atoms. The number of aromatic nitrogens is 2. The van der Waals surface area contributed by atoms with Crippen molar-refractivity contribution in [2.45, 2.75) is 32.6 Å². The minimum atomic E-state index is 0.213. The monoisotopic (exact) mass is 392 g/mol. The van der Waals surface area contributed by atoms with Gasteiger partial charge in [-0.2, -0.15) is 4.37 Å². The predicted molar refractivity (Wildman–Crippen MR) is 107 cm³/mol. The molecule has 26 heavy (non-hydrogen) atoms. The van der Waals surface area contributed by atoms with Crippen molar-refractivity contribution in [3.63, 3.8) is 0 Å². The zero-order chi connectivity index (χ0) is 18.4. The molecule has 0 unspecified atom stereocenters. The number of aryl methyl sites for hydroxylation is 1. The van der Waals surface area contributed by atoms with Crippen LogP contribution in [0.4, 0.5) is 5.13 Å². The van der Waals surface area contributed by atoms with E-state index in [2.05, 4.69) is 40.5 Å². The third-order valence-electron chi connectivity index (χ3n) is 4.58. The summed E-state index contributed by atoms with van der Waals surface area (Å²) in [6.07, 6.45) is 3.01. The zero-order valence-electron chi connectivity index (χ0n) is 15.2.